The molecule has 3 N–H and O–H groups in total. The molecule has 0 unspecified atom stereocenters. The minimum atomic E-state index is -1.02. The maximum atomic E-state index is 11.4. The molecule has 3 atom stereocenters. The molecule has 2 aromatic heterocycles. The number of rotatable bonds is 9. The molecule has 1 saturated heterocycles. The maximum absolute atomic E-state index is 11.4. The largest absolute Gasteiger partial charge is 0.497 e. The highest BCUT2D eigenvalue weighted by Gasteiger charge is 2.43. The van der Waals surface area contributed by atoms with Crippen molar-refractivity contribution >= 4 is 17.0 Å². The summed E-state index contributed by atoms with van der Waals surface area (Å²) in [5.41, 5.74) is 8.69. The average Bonchev–Trinajstić information content (AvgIpc) is 3.62. The number of nitrogens with two attached hydrogens (primary N) is 1. The SMILES string of the molecule is COc1ccc(C(OC[C@@H]2OC[C@H](n3cnc4c(N)ncnc43)[C@H]2O)(c2ccccc2)c2ccc(OC)cc2)cc1. The molecule has 10 nitrogen and oxygen atoms in total. The van der Waals surface area contributed by atoms with Gasteiger partial charge in [0.2, 0.25) is 0 Å². The van der Waals surface area contributed by atoms with E-state index < -0.39 is 23.9 Å². The molecule has 0 saturated carbocycles. The molecule has 6 rings (SSSR count). The van der Waals surface area contributed by atoms with Crippen molar-refractivity contribution in [2.45, 2.75) is 23.9 Å². The summed E-state index contributed by atoms with van der Waals surface area (Å²) in [6.07, 6.45) is 1.50. The fourth-order valence-corrected chi connectivity index (χ4v) is 5.45. The summed E-state index contributed by atoms with van der Waals surface area (Å²) in [5, 5.41) is 11.4. The number of nitrogens with zero attached hydrogens (tertiary/aromatic N) is 4. The van der Waals surface area contributed by atoms with Gasteiger partial charge >= 0.3 is 0 Å². The highest BCUT2D eigenvalue weighted by Crippen LogP contribution is 2.42. The molecule has 1 aliphatic heterocycles. The van der Waals surface area contributed by atoms with Gasteiger partial charge in [0.1, 0.15) is 41.2 Å². The van der Waals surface area contributed by atoms with Gasteiger partial charge in [0, 0.05) is 0 Å². The summed E-state index contributed by atoms with van der Waals surface area (Å²) in [6, 6.07) is 25.2. The smallest absolute Gasteiger partial charge is 0.165 e. The van der Waals surface area contributed by atoms with Crippen LogP contribution in [0.25, 0.3) is 11.2 Å². The van der Waals surface area contributed by atoms with E-state index in [0.717, 1.165) is 28.2 Å². The number of aliphatic hydroxyl groups excluding tert-OH is 1. The van der Waals surface area contributed by atoms with E-state index in [1.165, 1.54) is 6.33 Å². The van der Waals surface area contributed by atoms with Gasteiger partial charge in [0.15, 0.2) is 11.5 Å². The van der Waals surface area contributed by atoms with E-state index in [-0.39, 0.29) is 19.0 Å². The van der Waals surface area contributed by atoms with Crippen molar-refractivity contribution in [3.8, 4) is 11.5 Å². The zero-order valence-corrected chi connectivity index (χ0v) is 22.8. The molecule has 0 radical (unpaired) electrons. The van der Waals surface area contributed by atoms with E-state index in [2.05, 4.69) is 15.0 Å². The maximum Gasteiger partial charge on any atom is 0.165 e. The number of benzene rings is 3. The zero-order valence-electron chi connectivity index (χ0n) is 22.8. The third kappa shape index (κ3) is 4.76. The molecule has 5 aromatic rings. The zero-order chi connectivity index (χ0) is 28.4. The van der Waals surface area contributed by atoms with E-state index in [1.807, 2.05) is 78.9 Å². The molecule has 10 heteroatoms. The normalized spacial score (nSPS) is 19.0. The molecule has 210 valence electrons. The Balaban J connectivity index is 1.37. The molecule has 1 fully saturated rings. The number of imidazole rings is 1. The Labute approximate surface area is 237 Å². The Morgan fingerprint density at radius 2 is 1.49 bits per heavy atom. The van der Waals surface area contributed by atoms with E-state index in [4.69, 9.17) is 24.7 Å². The number of hydrogen-bond acceptors (Lipinski definition) is 9. The first kappa shape index (κ1) is 26.7. The Morgan fingerprint density at radius 3 is 2.10 bits per heavy atom. The van der Waals surface area contributed by atoms with Crippen LogP contribution in [0, 0.1) is 0 Å². The number of nitrogen functional groups attached to an aromatic ring is 1. The van der Waals surface area contributed by atoms with Gasteiger partial charge in [-0.25, -0.2) is 15.0 Å². The predicted molar refractivity (Wildman–Crippen MR) is 153 cm³/mol. The van der Waals surface area contributed by atoms with Crippen LogP contribution in [0.15, 0.2) is 91.5 Å². The Kier molecular flexibility index (Phi) is 7.27. The molecule has 1 aliphatic rings. The first-order valence-electron chi connectivity index (χ1n) is 13.3. The van der Waals surface area contributed by atoms with Crippen molar-refractivity contribution in [3.63, 3.8) is 0 Å². The van der Waals surface area contributed by atoms with E-state index in [0.29, 0.717) is 11.2 Å². The van der Waals surface area contributed by atoms with Crippen LogP contribution in [0.1, 0.15) is 22.7 Å². The minimum absolute atomic E-state index is 0.106. The van der Waals surface area contributed by atoms with Crippen LogP contribution >= 0.6 is 0 Å². The number of fused-ring (bicyclic) bond motifs is 1. The topological polar surface area (TPSA) is 127 Å². The van der Waals surface area contributed by atoms with Crippen LogP contribution < -0.4 is 15.2 Å². The van der Waals surface area contributed by atoms with Crippen molar-refractivity contribution in [1.82, 2.24) is 19.5 Å². The van der Waals surface area contributed by atoms with E-state index in [1.54, 1.807) is 25.1 Å². The second-order valence-electron chi connectivity index (χ2n) is 9.83. The fraction of sp³-hybridized carbons (Fsp3) is 0.258. The summed E-state index contributed by atoms with van der Waals surface area (Å²) in [7, 11) is 3.27. The molecule has 3 aromatic carbocycles. The van der Waals surface area contributed by atoms with Crippen LogP contribution in [-0.4, -0.2) is 64.3 Å². The quantitative estimate of drug-likeness (QED) is 0.263. The first-order chi connectivity index (χ1) is 20.0. The number of aromatic nitrogens is 4. The van der Waals surface area contributed by atoms with Crippen LogP contribution in [0.4, 0.5) is 5.82 Å². The monoisotopic (exact) mass is 553 g/mol. The van der Waals surface area contributed by atoms with Gasteiger partial charge in [-0.2, -0.15) is 0 Å². The number of anilines is 1. The van der Waals surface area contributed by atoms with Gasteiger partial charge < -0.3 is 34.4 Å². The molecule has 41 heavy (non-hydrogen) atoms. The van der Waals surface area contributed by atoms with E-state index in [9.17, 15) is 5.11 Å². The minimum Gasteiger partial charge on any atom is -0.497 e. The lowest BCUT2D eigenvalue weighted by molar-refractivity contribution is -0.0705. The Bertz CT molecular complexity index is 1560. The van der Waals surface area contributed by atoms with Crippen LogP contribution in [0.3, 0.4) is 0 Å². The fourth-order valence-electron chi connectivity index (χ4n) is 5.45. The molecule has 0 bridgehead atoms. The molecular weight excluding hydrogens is 522 g/mol. The highest BCUT2D eigenvalue weighted by molar-refractivity contribution is 5.81. The van der Waals surface area contributed by atoms with Gasteiger partial charge in [-0.05, 0) is 41.0 Å². The second-order valence-corrected chi connectivity index (χ2v) is 9.83. The molecular formula is C31H31N5O5. The lowest BCUT2D eigenvalue weighted by atomic mass is 9.80. The van der Waals surface area contributed by atoms with Crippen molar-refractivity contribution in [1.29, 1.82) is 0 Å². The van der Waals surface area contributed by atoms with Gasteiger partial charge in [-0.1, -0.05) is 54.6 Å². The van der Waals surface area contributed by atoms with Crippen LogP contribution in [0.2, 0.25) is 0 Å². The predicted octanol–water partition coefficient (Wildman–Crippen LogP) is 3.74. The van der Waals surface area contributed by atoms with Crippen LogP contribution in [0.5, 0.6) is 11.5 Å². The number of ether oxygens (including phenoxy) is 4. The summed E-state index contributed by atoms with van der Waals surface area (Å²) >= 11 is 0. The standard InChI is InChI=1S/C31H31N5O5/c1-38-23-12-8-21(9-13-23)31(20-6-4-3-5-7-20,22-10-14-24(39-2)15-11-22)41-17-26-28(37)25(16-40-26)36-19-35-27-29(32)33-18-34-30(27)36/h3-15,18-19,25-26,28,37H,16-17H2,1-2H3,(H2,32,33,34)/t25-,26-,28+/m0/s1. The number of hydrogen-bond donors (Lipinski definition) is 2. The third-order valence-corrected chi connectivity index (χ3v) is 7.64. The molecule has 3 heterocycles. The Hall–Kier alpha value is -4.51. The van der Waals surface area contributed by atoms with Gasteiger partial charge in [0.05, 0.1) is 39.8 Å². The number of aliphatic hydroxyl groups is 1. The highest BCUT2D eigenvalue weighted by atomic mass is 16.6. The van der Waals surface area contributed by atoms with Crippen molar-refractivity contribution in [3.05, 3.63) is 108 Å². The van der Waals surface area contributed by atoms with Crippen LogP contribution in [-0.2, 0) is 15.1 Å². The van der Waals surface area contributed by atoms with Crippen molar-refractivity contribution in [2.24, 2.45) is 0 Å². The lowest BCUT2D eigenvalue weighted by Crippen LogP contribution is -2.39. The third-order valence-electron chi connectivity index (χ3n) is 7.64. The molecule has 0 amide bonds. The summed E-state index contributed by atoms with van der Waals surface area (Å²) in [4.78, 5) is 12.7. The molecule has 0 aliphatic carbocycles. The van der Waals surface area contributed by atoms with Crippen molar-refractivity contribution in [2.75, 3.05) is 33.2 Å². The van der Waals surface area contributed by atoms with Gasteiger partial charge in [0.25, 0.3) is 0 Å². The summed E-state index contributed by atoms with van der Waals surface area (Å²) in [6.45, 7) is 0.363. The van der Waals surface area contributed by atoms with E-state index >= 15 is 0 Å². The Morgan fingerprint density at radius 1 is 0.878 bits per heavy atom. The first-order valence-corrected chi connectivity index (χ1v) is 13.3. The van der Waals surface area contributed by atoms with Crippen molar-refractivity contribution < 1.29 is 24.1 Å². The van der Waals surface area contributed by atoms with Gasteiger partial charge in [-0.15, -0.1) is 0 Å². The lowest BCUT2D eigenvalue weighted by Gasteiger charge is -2.37. The molecule has 0 spiro atoms. The average molecular weight is 554 g/mol. The van der Waals surface area contributed by atoms with Gasteiger partial charge in [-0.3, -0.25) is 0 Å². The second kappa shape index (κ2) is 11.2. The number of methoxy groups -OCH3 is 2. The summed E-state index contributed by atoms with van der Waals surface area (Å²) in [5.74, 6) is 1.76. The summed E-state index contributed by atoms with van der Waals surface area (Å²) < 4.78 is 25.7.